The molecule has 0 saturated carbocycles. The number of carbonyl (C=O) groups is 2. The smallest absolute Gasteiger partial charge is 0.459 e. The normalized spacial score (nSPS) is 17.7. The molecule has 0 aromatic heterocycles. The van der Waals surface area contributed by atoms with Crippen LogP contribution in [-0.2, 0) is 19.1 Å². The van der Waals surface area contributed by atoms with Crippen LogP contribution in [0.3, 0.4) is 0 Å². The molecule has 0 aliphatic carbocycles. The van der Waals surface area contributed by atoms with E-state index in [0.29, 0.717) is 0 Å². The van der Waals surface area contributed by atoms with E-state index in [1.165, 1.54) is 0 Å². The Balaban J connectivity index is -0.000000564. The van der Waals surface area contributed by atoms with Crippen molar-refractivity contribution >= 4 is 11.9 Å². The van der Waals surface area contributed by atoms with Gasteiger partial charge in [0.05, 0.1) is 9.83 Å². The molecule has 0 bridgehead atoms. The molecule has 4 nitrogen and oxygen atoms in total. The molecule has 0 rings (SSSR count). The number of esters is 2. The van der Waals surface area contributed by atoms with Gasteiger partial charge in [-0.05, 0) is 13.7 Å². The molecule has 0 aliphatic rings. The fraction of sp³-hybridized carbons (Fsp3) is 0.600. The van der Waals surface area contributed by atoms with Crippen molar-refractivity contribution in [3.05, 3.63) is 24.3 Å². The highest BCUT2D eigenvalue weighted by Crippen LogP contribution is 2.39. The largest absolute Gasteiger partial charge is 0.466 e. The van der Waals surface area contributed by atoms with Crippen LogP contribution in [0.25, 0.3) is 0 Å². The van der Waals surface area contributed by atoms with Gasteiger partial charge >= 0.3 is 42.8 Å². The predicted octanol–water partition coefficient (Wildman–Crippen LogP) is 5.78. The third-order valence-electron chi connectivity index (χ3n) is 1.93. The second-order valence-corrected chi connectivity index (χ2v) is 4.44. The molecule has 0 amide bonds. The topological polar surface area (TPSA) is 52.6 Å². The molecule has 0 aromatic rings. The quantitative estimate of drug-likeness (QED) is 0.271. The number of hydrogen-bond acceptors (Lipinski definition) is 4. The molecular formula is C15H15F13O4. The maximum atomic E-state index is 12.2. The predicted molar refractivity (Wildman–Crippen MR) is 80.6 cm³/mol. The summed E-state index contributed by atoms with van der Waals surface area (Å²) in [5.74, 6) is -9.82. The second kappa shape index (κ2) is 12.5. The summed E-state index contributed by atoms with van der Waals surface area (Å²) in [6.45, 7) is -0.316. The molecule has 32 heavy (non-hydrogen) atoms. The van der Waals surface area contributed by atoms with E-state index in [1.807, 2.05) is 0 Å². The van der Waals surface area contributed by atoms with E-state index >= 15 is 0 Å². The highest BCUT2D eigenvalue weighted by atomic mass is 19.4. The zero-order valence-corrected chi connectivity index (χ0v) is 14.7. The van der Waals surface area contributed by atoms with Crippen LogP contribution in [0, 0.1) is 0 Å². The van der Waals surface area contributed by atoms with Gasteiger partial charge in [0.25, 0.3) is 6.08 Å². The molecule has 0 aromatic carbocycles. The first-order valence-corrected chi connectivity index (χ1v) is 6.47. The molecule has 0 saturated heterocycles. The number of methoxy groups -OCH3 is 1. The van der Waals surface area contributed by atoms with Gasteiger partial charge in [-0.2, -0.15) is 48.3 Å². The van der Waals surface area contributed by atoms with E-state index in [1.54, 1.807) is 0 Å². The van der Waals surface area contributed by atoms with Crippen LogP contribution >= 0.6 is 0 Å². The fourth-order valence-electron chi connectivity index (χ4n) is 0.625. The standard InChI is InChI=1S/C7H6F6O2.C5H8O2.C3HF7/c1-3(2)4(14)15-5(6(8,9)10)7(11,12)13;1-4(2)5(6)7-3;4-1(5)2(6,7)3(8,9)10/h5H,1H2,2H3;1H2,2-3H3;1H/i2D3,5D;2D3,3D;1D. The molecule has 0 heterocycles. The van der Waals surface area contributed by atoms with Crippen LogP contribution in [0.5, 0.6) is 0 Å². The van der Waals surface area contributed by atoms with Crippen LogP contribution in [0.2, 0.25) is 0 Å². The average Bonchev–Trinajstić information content (AvgIpc) is 2.69. The highest BCUT2D eigenvalue weighted by molar-refractivity contribution is 5.87. The molecule has 0 unspecified atom stereocenters. The second-order valence-electron chi connectivity index (χ2n) is 4.44. The first-order valence-electron chi connectivity index (χ1n) is 11.2. The summed E-state index contributed by atoms with van der Waals surface area (Å²) in [6, 6.07) is 0. The number of rotatable bonds is 4. The Labute approximate surface area is 184 Å². The van der Waals surface area contributed by atoms with Gasteiger partial charge in [0.1, 0.15) is 1.37 Å². The maximum absolute atomic E-state index is 12.2. The van der Waals surface area contributed by atoms with Crippen molar-refractivity contribution in [1.82, 2.24) is 0 Å². The van der Waals surface area contributed by atoms with Crippen LogP contribution < -0.4 is 0 Å². The minimum absolute atomic E-state index is 0.589. The third-order valence-corrected chi connectivity index (χ3v) is 1.93. The number of ether oxygens (including phenoxy) is 2. The van der Waals surface area contributed by atoms with Crippen LogP contribution in [0.15, 0.2) is 24.3 Å². The molecule has 0 aliphatic heterocycles. The van der Waals surface area contributed by atoms with E-state index in [4.69, 9.17) is 12.3 Å². The number of carbonyl (C=O) groups excluding carboxylic acids is 2. The van der Waals surface area contributed by atoms with Gasteiger partial charge in [-0.15, -0.1) is 0 Å². The van der Waals surface area contributed by atoms with Gasteiger partial charge < -0.3 is 9.47 Å². The van der Waals surface area contributed by atoms with E-state index in [2.05, 4.69) is 22.6 Å². The van der Waals surface area contributed by atoms with E-state index in [9.17, 15) is 66.7 Å². The van der Waals surface area contributed by atoms with E-state index in [-0.39, 0.29) is 0 Å². The number of hydrogen-bond donors (Lipinski definition) is 0. The zero-order chi connectivity index (χ0) is 34.4. The van der Waals surface area contributed by atoms with Crippen molar-refractivity contribution in [3.63, 3.8) is 0 Å². The van der Waals surface area contributed by atoms with E-state index < -0.39 is 80.8 Å². The molecule has 0 spiro atoms. The Morgan fingerprint density at radius 3 is 1.41 bits per heavy atom. The highest BCUT2D eigenvalue weighted by Gasteiger charge is 2.64. The summed E-state index contributed by atoms with van der Waals surface area (Å²) < 4.78 is 216. The first-order chi connectivity index (χ1) is 17.4. The van der Waals surface area contributed by atoms with E-state index in [0.717, 1.165) is 0 Å². The van der Waals surface area contributed by atoms with Gasteiger partial charge in [-0.3, -0.25) is 0 Å². The molecule has 17 heteroatoms. The molecule has 0 fully saturated rings. The Kier molecular flexibility index (Phi) is 7.44. The molecule has 190 valence electrons. The summed E-state index contributed by atoms with van der Waals surface area (Å²) in [6.07, 6.45) is -30.4. The number of halogens is 13. The van der Waals surface area contributed by atoms with Crippen molar-refractivity contribution in [2.45, 2.75) is 50.6 Å². The van der Waals surface area contributed by atoms with Gasteiger partial charge in [-0.1, -0.05) is 13.2 Å². The van der Waals surface area contributed by atoms with Crippen LogP contribution in [0.1, 0.15) is 26.0 Å². The lowest BCUT2D eigenvalue weighted by atomic mass is 10.3. The number of alkyl halides is 13. The van der Waals surface area contributed by atoms with Crippen molar-refractivity contribution in [2.24, 2.45) is 0 Å². The summed E-state index contributed by atoms with van der Waals surface area (Å²) in [7, 11) is -0.589. The van der Waals surface area contributed by atoms with Crippen molar-refractivity contribution in [3.8, 4) is 0 Å². The fourth-order valence-corrected chi connectivity index (χ4v) is 0.625. The Hall–Kier alpha value is -2.49. The average molecular weight is 515 g/mol. The van der Waals surface area contributed by atoms with Crippen molar-refractivity contribution in [1.29, 1.82) is 0 Å². The summed E-state index contributed by atoms with van der Waals surface area (Å²) in [4.78, 5) is 21.5. The van der Waals surface area contributed by atoms with Gasteiger partial charge in [0, 0.05) is 19.4 Å². The molecule has 0 radical (unpaired) electrons. The Bertz CT molecular complexity index is 902. The van der Waals surface area contributed by atoms with Crippen molar-refractivity contribution in [2.75, 3.05) is 7.09 Å². The summed E-state index contributed by atoms with van der Waals surface area (Å²) in [5.41, 5.74) is -2.19. The monoisotopic (exact) mass is 515 g/mol. The van der Waals surface area contributed by atoms with Gasteiger partial charge in [-0.25, -0.2) is 18.4 Å². The molecule has 0 N–H and O–H groups in total. The Morgan fingerprint density at radius 1 is 0.812 bits per heavy atom. The Morgan fingerprint density at radius 2 is 1.19 bits per heavy atom. The minimum Gasteiger partial charge on any atom is -0.466 e. The van der Waals surface area contributed by atoms with Crippen LogP contribution in [0.4, 0.5) is 57.1 Å². The SMILES string of the molecule is [2H]C(F)(F)C(F)(F)C(F)(F)F.[2H]C([2H])([2H])C(=C)C(=O)OC([2H])(C(F)(F)F)C(F)(F)F.[2H]COC(=O)C(=C)C([2H])([2H])[2H]. The first kappa shape index (κ1) is 19.0. The maximum Gasteiger partial charge on any atom is 0.459 e. The zero-order valence-electron chi connectivity index (χ0n) is 23.7. The van der Waals surface area contributed by atoms with Gasteiger partial charge in [0.2, 0.25) is 0 Å². The molecular weight excluding hydrogens is 491 g/mol. The lowest BCUT2D eigenvalue weighted by Crippen LogP contribution is -2.45. The van der Waals surface area contributed by atoms with Crippen molar-refractivity contribution < 1.29 is 88.5 Å². The van der Waals surface area contributed by atoms with Crippen LogP contribution in [-0.4, -0.2) is 56.0 Å². The third kappa shape index (κ3) is 13.0. The van der Waals surface area contributed by atoms with Gasteiger partial charge in [0.15, 0.2) is 0 Å². The lowest BCUT2D eigenvalue weighted by Gasteiger charge is -2.22. The summed E-state index contributed by atoms with van der Waals surface area (Å²) >= 11 is 0. The summed E-state index contributed by atoms with van der Waals surface area (Å²) in [5, 5.41) is 0. The lowest BCUT2D eigenvalue weighted by molar-refractivity contribution is -0.320. The minimum atomic E-state index is -6.39. The molecule has 0 atom stereocenters.